The highest BCUT2D eigenvalue weighted by Gasteiger charge is 2.30. The molecule has 0 heterocycles. The molecule has 2 aromatic rings. The summed E-state index contributed by atoms with van der Waals surface area (Å²) < 4.78 is 17.3. The monoisotopic (exact) mass is 328 g/mol. The smallest absolute Gasteiger partial charge is 0.454 e. The highest BCUT2D eigenvalue weighted by Crippen LogP contribution is 2.30. The molecular formula is C18H20O4Si. The summed E-state index contributed by atoms with van der Waals surface area (Å²) in [7, 11) is -2.51. The van der Waals surface area contributed by atoms with E-state index >= 15 is 0 Å². The van der Waals surface area contributed by atoms with Crippen molar-refractivity contribution in [2.45, 2.75) is 20.0 Å². The lowest BCUT2D eigenvalue weighted by Gasteiger charge is -2.25. The summed E-state index contributed by atoms with van der Waals surface area (Å²) in [5.41, 5.74) is 0.330. The molecule has 0 N–H and O–H groups in total. The van der Waals surface area contributed by atoms with Gasteiger partial charge in [-0.3, -0.25) is 0 Å². The SMILES string of the molecule is C=C(C)C(=O)Oc1ccccc1O[Si](C)(C)Oc1ccccc1. The summed E-state index contributed by atoms with van der Waals surface area (Å²) in [4.78, 5) is 11.7. The third kappa shape index (κ3) is 5.00. The zero-order valence-electron chi connectivity index (χ0n) is 13.5. The van der Waals surface area contributed by atoms with E-state index in [9.17, 15) is 4.79 Å². The fraction of sp³-hybridized carbons (Fsp3) is 0.167. The van der Waals surface area contributed by atoms with Crippen LogP contribution in [0.3, 0.4) is 0 Å². The lowest BCUT2D eigenvalue weighted by Crippen LogP contribution is -2.41. The molecule has 5 heteroatoms. The number of benzene rings is 2. The van der Waals surface area contributed by atoms with Gasteiger partial charge in [0.1, 0.15) is 11.5 Å². The first-order valence-corrected chi connectivity index (χ1v) is 10.1. The van der Waals surface area contributed by atoms with E-state index in [1.165, 1.54) is 0 Å². The highest BCUT2D eigenvalue weighted by molar-refractivity contribution is 6.66. The van der Waals surface area contributed by atoms with Crippen LogP contribution in [0, 0.1) is 0 Å². The molecule has 2 rings (SSSR count). The predicted octanol–water partition coefficient (Wildman–Crippen LogP) is 4.33. The standard InChI is InChI=1S/C18H20O4Si/c1-14(2)18(19)20-16-12-8-9-13-17(16)22-23(3,4)21-15-10-6-5-7-11-15/h5-13H,1H2,2-4H3. The first kappa shape index (κ1) is 16.8. The van der Waals surface area contributed by atoms with Gasteiger partial charge in [-0.15, -0.1) is 0 Å². The van der Waals surface area contributed by atoms with E-state index in [1.54, 1.807) is 25.1 Å². The third-order valence-electron chi connectivity index (χ3n) is 2.86. The van der Waals surface area contributed by atoms with Crippen LogP contribution < -0.4 is 13.6 Å². The Labute approximate surface area is 137 Å². The summed E-state index contributed by atoms with van der Waals surface area (Å²) in [6, 6.07) is 16.5. The van der Waals surface area contributed by atoms with Crippen LogP contribution in [0.2, 0.25) is 13.1 Å². The molecule has 2 aromatic carbocycles. The largest absolute Gasteiger partial charge is 0.512 e. The van der Waals surface area contributed by atoms with Crippen LogP contribution in [0.25, 0.3) is 0 Å². The van der Waals surface area contributed by atoms with Crippen molar-refractivity contribution in [1.82, 2.24) is 0 Å². The number of carbonyl (C=O) groups is 1. The van der Waals surface area contributed by atoms with Gasteiger partial charge in [0.05, 0.1) is 0 Å². The summed E-state index contributed by atoms with van der Waals surface area (Å²) >= 11 is 0. The van der Waals surface area contributed by atoms with E-state index < -0.39 is 14.5 Å². The van der Waals surface area contributed by atoms with Crippen molar-refractivity contribution in [3.05, 3.63) is 66.7 Å². The summed E-state index contributed by atoms with van der Waals surface area (Å²) in [5.74, 6) is 1.11. The molecule has 0 aliphatic rings. The van der Waals surface area contributed by atoms with E-state index in [2.05, 4.69) is 6.58 Å². The van der Waals surface area contributed by atoms with Crippen molar-refractivity contribution in [2.75, 3.05) is 0 Å². The highest BCUT2D eigenvalue weighted by atomic mass is 28.4. The first-order chi connectivity index (χ1) is 10.9. The Morgan fingerprint density at radius 3 is 2.09 bits per heavy atom. The van der Waals surface area contributed by atoms with E-state index in [0.29, 0.717) is 17.1 Å². The predicted molar refractivity (Wildman–Crippen MR) is 92.1 cm³/mol. The molecule has 120 valence electrons. The molecule has 0 radical (unpaired) electrons. The number of para-hydroxylation sites is 3. The van der Waals surface area contributed by atoms with Crippen molar-refractivity contribution < 1.29 is 18.4 Å². The quantitative estimate of drug-likeness (QED) is 0.343. The van der Waals surface area contributed by atoms with Crippen LogP contribution in [0.5, 0.6) is 17.2 Å². The van der Waals surface area contributed by atoms with Gasteiger partial charge >= 0.3 is 14.5 Å². The Hall–Kier alpha value is -2.53. The first-order valence-electron chi connectivity index (χ1n) is 7.27. The Balaban J connectivity index is 2.15. The van der Waals surface area contributed by atoms with Gasteiger partial charge in [0.15, 0.2) is 5.75 Å². The normalized spacial score (nSPS) is 10.7. The summed E-state index contributed by atoms with van der Waals surface area (Å²) in [6.07, 6.45) is 0. The van der Waals surface area contributed by atoms with Gasteiger partial charge in [0.25, 0.3) is 0 Å². The Bertz CT molecular complexity index is 695. The molecule has 0 spiro atoms. The molecule has 0 fully saturated rings. The van der Waals surface area contributed by atoms with Crippen LogP contribution in [0.1, 0.15) is 6.92 Å². The number of rotatable bonds is 6. The lowest BCUT2D eigenvalue weighted by molar-refractivity contribution is -0.130. The van der Waals surface area contributed by atoms with Crippen LogP contribution in [-0.4, -0.2) is 14.5 Å². The number of carbonyl (C=O) groups excluding carboxylic acids is 1. The van der Waals surface area contributed by atoms with E-state index in [-0.39, 0.29) is 0 Å². The second kappa shape index (κ2) is 7.15. The van der Waals surface area contributed by atoms with Crippen molar-refractivity contribution in [1.29, 1.82) is 0 Å². The average Bonchev–Trinajstić information content (AvgIpc) is 2.49. The number of hydrogen-bond acceptors (Lipinski definition) is 4. The van der Waals surface area contributed by atoms with Crippen molar-refractivity contribution >= 4 is 14.5 Å². The van der Waals surface area contributed by atoms with E-state index in [4.69, 9.17) is 13.6 Å². The zero-order valence-corrected chi connectivity index (χ0v) is 14.5. The van der Waals surface area contributed by atoms with Crippen LogP contribution in [0.4, 0.5) is 0 Å². The number of esters is 1. The second-order valence-electron chi connectivity index (χ2n) is 5.53. The molecule has 0 saturated carbocycles. The molecule has 0 aromatic heterocycles. The number of hydrogen-bond donors (Lipinski definition) is 0. The topological polar surface area (TPSA) is 44.8 Å². The molecular weight excluding hydrogens is 308 g/mol. The third-order valence-corrected chi connectivity index (χ3v) is 4.30. The van der Waals surface area contributed by atoms with Crippen LogP contribution in [-0.2, 0) is 4.79 Å². The van der Waals surface area contributed by atoms with Gasteiger partial charge in [-0.05, 0) is 31.2 Å². The van der Waals surface area contributed by atoms with Crippen molar-refractivity contribution in [3.8, 4) is 17.2 Å². The summed E-state index contributed by atoms with van der Waals surface area (Å²) in [6.45, 7) is 9.04. The lowest BCUT2D eigenvalue weighted by atomic mass is 10.3. The molecule has 0 unspecified atom stereocenters. The minimum Gasteiger partial charge on any atom is -0.512 e. The molecule has 0 amide bonds. The Morgan fingerprint density at radius 1 is 0.913 bits per heavy atom. The van der Waals surface area contributed by atoms with Crippen LogP contribution >= 0.6 is 0 Å². The van der Waals surface area contributed by atoms with Crippen molar-refractivity contribution in [3.63, 3.8) is 0 Å². The molecule has 0 atom stereocenters. The van der Waals surface area contributed by atoms with Gasteiger partial charge in [-0.25, -0.2) is 4.79 Å². The minimum atomic E-state index is -2.51. The van der Waals surface area contributed by atoms with Gasteiger partial charge < -0.3 is 13.6 Å². The zero-order chi connectivity index (χ0) is 16.9. The second-order valence-corrected chi connectivity index (χ2v) is 8.74. The molecule has 0 saturated heterocycles. The fourth-order valence-corrected chi connectivity index (χ4v) is 3.31. The number of ether oxygens (including phenoxy) is 1. The average molecular weight is 328 g/mol. The Kier molecular flexibility index (Phi) is 5.23. The molecule has 0 aliphatic carbocycles. The van der Waals surface area contributed by atoms with Gasteiger partial charge in [-0.1, -0.05) is 36.9 Å². The van der Waals surface area contributed by atoms with Gasteiger partial charge in [0.2, 0.25) is 0 Å². The van der Waals surface area contributed by atoms with Crippen molar-refractivity contribution in [2.24, 2.45) is 0 Å². The van der Waals surface area contributed by atoms with E-state index in [0.717, 1.165) is 5.75 Å². The molecule has 0 bridgehead atoms. The summed E-state index contributed by atoms with van der Waals surface area (Å²) in [5, 5.41) is 0. The maximum Gasteiger partial charge on any atom is 0.454 e. The Morgan fingerprint density at radius 2 is 1.48 bits per heavy atom. The maximum atomic E-state index is 11.7. The molecule has 23 heavy (non-hydrogen) atoms. The van der Waals surface area contributed by atoms with E-state index in [1.807, 2.05) is 49.5 Å². The van der Waals surface area contributed by atoms with Gasteiger partial charge in [-0.2, -0.15) is 0 Å². The van der Waals surface area contributed by atoms with Gasteiger partial charge in [0, 0.05) is 18.7 Å². The molecule has 0 aliphatic heterocycles. The van der Waals surface area contributed by atoms with Crippen LogP contribution in [0.15, 0.2) is 66.7 Å². The minimum absolute atomic E-state index is 0.330. The molecule has 4 nitrogen and oxygen atoms in total. The fourth-order valence-electron chi connectivity index (χ4n) is 1.86. The maximum absolute atomic E-state index is 11.7.